The molecule has 3 aromatic rings. The van der Waals surface area contributed by atoms with Gasteiger partial charge in [-0.25, -0.2) is 4.79 Å². The molecule has 0 amide bonds. The van der Waals surface area contributed by atoms with Gasteiger partial charge in [0.05, 0.1) is 22.2 Å². The first kappa shape index (κ1) is 23.2. The zero-order chi connectivity index (χ0) is 23.4. The van der Waals surface area contributed by atoms with E-state index >= 15 is 0 Å². The molecule has 0 unspecified atom stereocenters. The van der Waals surface area contributed by atoms with Crippen molar-refractivity contribution < 1.29 is 19.0 Å². The number of cyclic esters (lactones) is 1. The van der Waals surface area contributed by atoms with E-state index in [4.69, 9.17) is 49.0 Å². The number of hydrogen-bond acceptors (Lipinski definition) is 4. The quantitative estimate of drug-likeness (QED) is 0.247. The van der Waals surface area contributed by atoms with Crippen molar-refractivity contribution >= 4 is 52.6 Å². The van der Waals surface area contributed by atoms with E-state index in [1.807, 2.05) is 25.1 Å². The van der Waals surface area contributed by atoms with E-state index in [0.29, 0.717) is 51.1 Å². The molecule has 7 heteroatoms. The van der Waals surface area contributed by atoms with Gasteiger partial charge >= 0.3 is 5.97 Å². The molecule has 4 nitrogen and oxygen atoms in total. The summed E-state index contributed by atoms with van der Waals surface area (Å²) >= 11 is 18.0. The lowest BCUT2D eigenvalue weighted by atomic mass is 10.1. The van der Waals surface area contributed by atoms with E-state index in [2.05, 4.69) is 0 Å². The van der Waals surface area contributed by atoms with Crippen molar-refractivity contribution in [1.29, 1.82) is 0 Å². The van der Waals surface area contributed by atoms with Crippen molar-refractivity contribution in [2.75, 3.05) is 6.61 Å². The van der Waals surface area contributed by atoms with E-state index in [9.17, 15) is 4.79 Å². The van der Waals surface area contributed by atoms with Crippen molar-refractivity contribution in [1.82, 2.24) is 0 Å². The zero-order valence-corrected chi connectivity index (χ0v) is 19.9. The number of ether oxygens (including phenoxy) is 3. The second-order valence-electron chi connectivity index (χ2n) is 7.18. The summed E-state index contributed by atoms with van der Waals surface area (Å²) in [7, 11) is 0. The van der Waals surface area contributed by atoms with Crippen LogP contribution in [0.5, 0.6) is 11.5 Å². The van der Waals surface area contributed by atoms with Gasteiger partial charge in [0.1, 0.15) is 12.4 Å². The van der Waals surface area contributed by atoms with Crippen LogP contribution in [0.1, 0.15) is 23.6 Å². The highest BCUT2D eigenvalue weighted by Crippen LogP contribution is 2.33. The summed E-state index contributed by atoms with van der Waals surface area (Å²) in [5, 5.41) is 1.58. The van der Waals surface area contributed by atoms with Gasteiger partial charge in [-0.15, -0.1) is 0 Å². The van der Waals surface area contributed by atoms with E-state index in [1.54, 1.807) is 54.6 Å². The molecule has 0 atom stereocenters. The fourth-order valence-electron chi connectivity index (χ4n) is 3.22. The predicted octanol–water partition coefficient (Wildman–Crippen LogP) is 7.61. The maximum Gasteiger partial charge on any atom is 0.343 e. The molecule has 0 aliphatic carbocycles. The van der Waals surface area contributed by atoms with Crippen LogP contribution in [0.2, 0.25) is 15.1 Å². The van der Waals surface area contributed by atoms with Gasteiger partial charge in [-0.05, 0) is 78.7 Å². The van der Waals surface area contributed by atoms with Crippen molar-refractivity contribution in [2.45, 2.75) is 13.5 Å². The van der Waals surface area contributed by atoms with Crippen molar-refractivity contribution in [2.24, 2.45) is 0 Å². The summed E-state index contributed by atoms with van der Waals surface area (Å²) in [5.74, 6) is 1.21. The molecule has 0 saturated carbocycles. The molecule has 0 saturated heterocycles. The molecule has 33 heavy (non-hydrogen) atoms. The van der Waals surface area contributed by atoms with Crippen molar-refractivity contribution in [3.8, 4) is 11.5 Å². The number of carbonyl (C=O) groups is 1. The van der Waals surface area contributed by atoms with Crippen LogP contribution in [0.25, 0.3) is 11.8 Å². The highest BCUT2D eigenvalue weighted by atomic mass is 35.5. The van der Waals surface area contributed by atoms with Crippen LogP contribution < -0.4 is 9.47 Å². The number of rotatable bonds is 7. The molecule has 0 spiro atoms. The van der Waals surface area contributed by atoms with E-state index in [-0.39, 0.29) is 0 Å². The van der Waals surface area contributed by atoms with Crippen molar-refractivity contribution in [3.63, 3.8) is 0 Å². The summed E-state index contributed by atoms with van der Waals surface area (Å²) in [6.45, 7) is 2.66. The zero-order valence-electron chi connectivity index (χ0n) is 17.6. The molecule has 1 aliphatic rings. The molecule has 1 aliphatic heterocycles. The second kappa shape index (κ2) is 10.3. The molecule has 1 heterocycles. The maximum absolute atomic E-state index is 12.4. The molecule has 0 N–H and O–H groups in total. The predicted molar refractivity (Wildman–Crippen MR) is 132 cm³/mol. The fourth-order valence-corrected chi connectivity index (χ4v) is 3.66. The minimum absolute atomic E-state index is 0.302. The van der Waals surface area contributed by atoms with E-state index in [0.717, 1.165) is 16.7 Å². The Balaban J connectivity index is 1.55. The standard InChI is InChI=1S/C26H19Cl3O4/c1-2-31-25-13-16(4-10-23(25)32-15-17-3-9-21(28)22(29)12-17)11-19-14-24(33-26(19)30)18-5-7-20(27)8-6-18/h3-14H,2,15H2,1H3/b19-11+. The monoisotopic (exact) mass is 500 g/mol. The SMILES string of the molecule is CCOc1cc(/C=C2\C=C(c3ccc(Cl)cc3)OC2=O)ccc1OCc1ccc(Cl)c(Cl)c1. The average molecular weight is 502 g/mol. The molecular weight excluding hydrogens is 483 g/mol. The third kappa shape index (κ3) is 5.72. The molecule has 0 aromatic heterocycles. The van der Waals surface area contributed by atoms with E-state index in [1.165, 1.54) is 0 Å². The Hall–Kier alpha value is -2.92. The van der Waals surface area contributed by atoms with E-state index < -0.39 is 5.97 Å². The van der Waals surface area contributed by atoms with Gasteiger partial charge in [-0.1, -0.05) is 46.9 Å². The average Bonchev–Trinajstić information content (AvgIpc) is 3.16. The second-order valence-corrected chi connectivity index (χ2v) is 8.43. The lowest BCUT2D eigenvalue weighted by Gasteiger charge is -2.13. The highest BCUT2D eigenvalue weighted by molar-refractivity contribution is 6.42. The number of benzene rings is 3. The third-order valence-electron chi connectivity index (χ3n) is 4.82. The first-order valence-electron chi connectivity index (χ1n) is 10.2. The maximum atomic E-state index is 12.4. The Morgan fingerprint density at radius 2 is 1.67 bits per heavy atom. The Kier molecular flexibility index (Phi) is 7.29. The number of halogens is 3. The van der Waals surface area contributed by atoms with Gasteiger partial charge in [0, 0.05) is 10.6 Å². The Labute approximate surface area is 206 Å². The van der Waals surface area contributed by atoms with Crippen LogP contribution in [0.15, 0.2) is 72.3 Å². The molecule has 0 bridgehead atoms. The molecular formula is C26H19Cl3O4. The Bertz CT molecular complexity index is 1250. The molecule has 168 valence electrons. The van der Waals surface area contributed by atoms with Crippen molar-refractivity contribution in [3.05, 3.63) is 104 Å². The number of esters is 1. The summed E-state index contributed by atoms with van der Waals surface area (Å²) in [5.41, 5.74) is 2.87. The first-order chi connectivity index (χ1) is 15.9. The smallest absolute Gasteiger partial charge is 0.343 e. The van der Waals surface area contributed by atoms with Crippen LogP contribution >= 0.6 is 34.8 Å². The van der Waals surface area contributed by atoms with Gasteiger partial charge < -0.3 is 14.2 Å². The number of carbonyl (C=O) groups excluding carboxylic acids is 1. The summed E-state index contributed by atoms with van der Waals surface area (Å²) in [6.07, 6.45) is 3.46. The van der Waals surface area contributed by atoms with Crippen LogP contribution in [0.3, 0.4) is 0 Å². The Morgan fingerprint density at radius 3 is 2.39 bits per heavy atom. The van der Waals surface area contributed by atoms with Gasteiger partial charge in [0.25, 0.3) is 0 Å². The normalized spacial score (nSPS) is 14.2. The summed E-state index contributed by atoms with van der Waals surface area (Å²) in [6, 6.07) is 17.9. The largest absolute Gasteiger partial charge is 0.490 e. The minimum atomic E-state index is -0.419. The Morgan fingerprint density at radius 1 is 0.879 bits per heavy atom. The lowest BCUT2D eigenvalue weighted by molar-refractivity contribution is -0.130. The molecule has 3 aromatic carbocycles. The van der Waals surface area contributed by atoms with Gasteiger partial charge in [0.15, 0.2) is 11.5 Å². The molecule has 0 radical (unpaired) electrons. The number of hydrogen-bond donors (Lipinski definition) is 0. The summed E-state index contributed by atoms with van der Waals surface area (Å²) in [4.78, 5) is 12.4. The summed E-state index contributed by atoms with van der Waals surface area (Å²) < 4.78 is 17.1. The molecule has 4 rings (SSSR count). The van der Waals surface area contributed by atoms with Gasteiger partial charge in [-0.2, -0.15) is 0 Å². The first-order valence-corrected chi connectivity index (χ1v) is 11.3. The van der Waals surface area contributed by atoms with Crippen LogP contribution in [0.4, 0.5) is 0 Å². The van der Waals surface area contributed by atoms with Crippen LogP contribution in [0, 0.1) is 0 Å². The third-order valence-corrected chi connectivity index (χ3v) is 5.81. The lowest BCUT2D eigenvalue weighted by Crippen LogP contribution is -2.00. The van der Waals surface area contributed by atoms with Gasteiger partial charge in [0.2, 0.25) is 0 Å². The van der Waals surface area contributed by atoms with Crippen LogP contribution in [-0.4, -0.2) is 12.6 Å². The molecule has 0 fully saturated rings. The fraction of sp³-hybridized carbons (Fsp3) is 0.115. The van der Waals surface area contributed by atoms with Gasteiger partial charge in [-0.3, -0.25) is 0 Å². The van der Waals surface area contributed by atoms with Crippen LogP contribution in [-0.2, 0) is 16.1 Å². The minimum Gasteiger partial charge on any atom is -0.490 e. The topological polar surface area (TPSA) is 44.8 Å². The highest BCUT2D eigenvalue weighted by Gasteiger charge is 2.22.